The molecule has 0 amide bonds. The van der Waals surface area contributed by atoms with Gasteiger partial charge in [0.1, 0.15) is 10.0 Å². The third-order valence-electron chi connectivity index (χ3n) is 5.15. The lowest BCUT2D eigenvalue weighted by Crippen LogP contribution is -2.38. The molecule has 0 radical (unpaired) electrons. The molecular formula is C17H21ClN6O2S. The van der Waals surface area contributed by atoms with Crippen LogP contribution in [0.3, 0.4) is 0 Å². The standard InChI is InChI=1S/C17H21ClN6O2S/c1-11-10-14-19-6-9-24(14)21-15(11)13-4-7-23(8-5-13)27(25,26)16-12(2)20-22(3)17(16)18/h6,9-10,13H,4-5,7-8H2,1-3H3. The first-order chi connectivity index (χ1) is 12.8. The van der Waals surface area contributed by atoms with E-state index in [0.29, 0.717) is 31.6 Å². The Morgan fingerprint density at radius 1 is 1.19 bits per heavy atom. The average molecular weight is 409 g/mol. The van der Waals surface area contributed by atoms with Gasteiger partial charge >= 0.3 is 0 Å². The Hall–Kier alpha value is -1.97. The van der Waals surface area contributed by atoms with Crippen molar-refractivity contribution in [1.29, 1.82) is 0 Å². The molecule has 0 atom stereocenters. The zero-order valence-electron chi connectivity index (χ0n) is 15.4. The van der Waals surface area contributed by atoms with Crippen molar-refractivity contribution in [3.8, 4) is 0 Å². The number of hydrogen-bond donors (Lipinski definition) is 0. The summed E-state index contributed by atoms with van der Waals surface area (Å²) in [6.07, 6.45) is 4.97. The number of aromatic nitrogens is 5. The van der Waals surface area contributed by atoms with Crippen LogP contribution in [0.1, 0.15) is 35.7 Å². The van der Waals surface area contributed by atoms with E-state index in [1.54, 1.807) is 24.7 Å². The van der Waals surface area contributed by atoms with Crippen molar-refractivity contribution >= 4 is 27.3 Å². The van der Waals surface area contributed by atoms with Gasteiger partial charge in [0.05, 0.1) is 11.4 Å². The van der Waals surface area contributed by atoms with Gasteiger partial charge in [-0.25, -0.2) is 17.9 Å². The number of rotatable bonds is 3. The lowest BCUT2D eigenvalue weighted by atomic mass is 9.92. The van der Waals surface area contributed by atoms with Crippen molar-refractivity contribution in [3.05, 3.63) is 40.6 Å². The Morgan fingerprint density at radius 2 is 1.89 bits per heavy atom. The van der Waals surface area contributed by atoms with Gasteiger partial charge in [-0.2, -0.15) is 14.5 Å². The fourth-order valence-electron chi connectivity index (χ4n) is 3.76. The minimum Gasteiger partial charge on any atom is -0.255 e. The van der Waals surface area contributed by atoms with Crippen molar-refractivity contribution in [3.63, 3.8) is 0 Å². The fraction of sp³-hybridized carbons (Fsp3) is 0.471. The summed E-state index contributed by atoms with van der Waals surface area (Å²) in [6, 6.07) is 2.02. The molecule has 1 fully saturated rings. The first kappa shape index (κ1) is 18.4. The van der Waals surface area contributed by atoms with Crippen molar-refractivity contribution in [2.45, 2.75) is 37.5 Å². The highest BCUT2D eigenvalue weighted by Gasteiger charge is 2.35. The number of aryl methyl sites for hydroxylation is 3. The maximum atomic E-state index is 13.1. The number of imidazole rings is 1. The van der Waals surface area contributed by atoms with Gasteiger partial charge in [-0.1, -0.05) is 11.6 Å². The minimum absolute atomic E-state index is 0.110. The van der Waals surface area contributed by atoms with Crippen LogP contribution >= 0.6 is 11.6 Å². The molecule has 8 nitrogen and oxygen atoms in total. The molecule has 27 heavy (non-hydrogen) atoms. The molecule has 0 N–H and O–H groups in total. The summed E-state index contributed by atoms with van der Waals surface area (Å²) in [4.78, 5) is 4.37. The molecule has 0 spiro atoms. The lowest BCUT2D eigenvalue weighted by molar-refractivity contribution is 0.315. The summed E-state index contributed by atoms with van der Waals surface area (Å²) in [7, 11) is -2.02. The molecular weight excluding hydrogens is 388 g/mol. The number of fused-ring (bicyclic) bond motifs is 1. The summed E-state index contributed by atoms with van der Waals surface area (Å²) < 4.78 is 30.8. The molecule has 10 heteroatoms. The van der Waals surface area contributed by atoms with Gasteiger partial charge in [-0.15, -0.1) is 0 Å². The second-order valence-electron chi connectivity index (χ2n) is 6.95. The smallest absolute Gasteiger partial charge is 0.248 e. The number of piperidine rings is 1. The summed E-state index contributed by atoms with van der Waals surface area (Å²) in [5, 5.41) is 8.97. The van der Waals surface area contributed by atoms with Gasteiger partial charge in [0.25, 0.3) is 0 Å². The summed E-state index contributed by atoms with van der Waals surface area (Å²) in [5.41, 5.74) is 3.33. The van der Waals surface area contributed by atoms with E-state index in [-0.39, 0.29) is 16.0 Å². The van der Waals surface area contributed by atoms with Crippen LogP contribution in [0.4, 0.5) is 0 Å². The van der Waals surface area contributed by atoms with E-state index in [0.717, 1.165) is 16.9 Å². The van der Waals surface area contributed by atoms with Crippen LogP contribution in [0.5, 0.6) is 0 Å². The van der Waals surface area contributed by atoms with Gasteiger partial charge in [0.2, 0.25) is 10.0 Å². The van der Waals surface area contributed by atoms with E-state index in [9.17, 15) is 8.42 Å². The first-order valence-corrected chi connectivity index (χ1v) is 10.6. The molecule has 0 unspecified atom stereocenters. The highest BCUT2D eigenvalue weighted by molar-refractivity contribution is 7.89. The van der Waals surface area contributed by atoms with Crippen molar-refractivity contribution < 1.29 is 8.42 Å². The normalized spacial score (nSPS) is 17.0. The predicted octanol–water partition coefficient (Wildman–Crippen LogP) is 2.30. The van der Waals surface area contributed by atoms with Crippen molar-refractivity contribution in [2.24, 2.45) is 7.05 Å². The third kappa shape index (κ3) is 3.03. The zero-order chi connectivity index (χ0) is 19.3. The van der Waals surface area contributed by atoms with Gasteiger partial charge < -0.3 is 0 Å². The van der Waals surface area contributed by atoms with E-state index in [1.165, 1.54) is 8.99 Å². The fourth-order valence-corrected chi connectivity index (χ4v) is 5.94. The van der Waals surface area contributed by atoms with E-state index in [1.807, 2.05) is 19.2 Å². The molecule has 4 rings (SSSR count). The highest BCUT2D eigenvalue weighted by Crippen LogP contribution is 2.34. The summed E-state index contributed by atoms with van der Waals surface area (Å²) >= 11 is 6.18. The molecule has 1 saturated heterocycles. The molecule has 0 saturated carbocycles. The van der Waals surface area contributed by atoms with E-state index in [2.05, 4.69) is 15.2 Å². The number of sulfonamides is 1. The molecule has 1 aliphatic rings. The van der Waals surface area contributed by atoms with E-state index in [4.69, 9.17) is 11.6 Å². The summed E-state index contributed by atoms with van der Waals surface area (Å²) in [5.74, 6) is 0.216. The highest BCUT2D eigenvalue weighted by atomic mass is 35.5. The number of hydrogen-bond acceptors (Lipinski definition) is 5. The van der Waals surface area contributed by atoms with Crippen LogP contribution in [0, 0.1) is 13.8 Å². The van der Waals surface area contributed by atoms with Gasteiger partial charge in [0.15, 0.2) is 5.65 Å². The molecule has 3 aromatic rings. The molecule has 1 aliphatic heterocycles. The minimum atomic E-state index is -3.66. The molecule has 4 heterocycles. The Labute approximate surface area is 162 Å². The second kappa shape index (κ2) is 6.57. The monoisotopic (exact) mass is 408 g/mol. The maximum Gasteiger partial charge on any atom is 0.248 e. The zero-order valence-corrected chi connectivity index (χ0v) is 17.0. The van der Waals surface area contributed by atoms with Crippen LogP contribution in [0.15, 0.2) is 23.4 Å². The predicted molar refractivity (Wildman–Crippen MR) is 101 cm³/mol. The maximum absolute atomic E-state index is 13.1. The number of halogens is 1. The van der Waals surface area contributed by atoms with Crippen LogP contribution in [-0.4, -0.2) is 50.2 Å². The Kier molecular flexibility index (Phi) is 4.48. The largest absolute Gasteiger partial charge is 0.255 e. The van der Waals surface area contributed by atoms with Gasteiger partial charge in [0, 0.05) is 38.4 Å². The first-order valence-electron chi connectivity index (χ1n) is 8.79. The van der Waals surface area contributed by atoms with Crippen LogP contribution in [0.2, 0.25) is 5.15 Å². The number of nitrogens with zero attached hydrogens (tertiary/aromatic N) is 6. The van der Waals surface area contributed by atoms with Crippen molar-refractivity contribution in [2.75, 3.05) is 13.1 Å². The molecule has 3 aromatic heterocycles. The lowest BCUT2D eigenvalue weighted by Gasteiger charge is -2.31. The van der Waals surface area contributed by atoms with E-state index >= 15 is 0 Å². The quantitative estimate of drug-likeness (QED) is 0.663. The van der Waals surface area contributed by atoms with E-state index < -0.39 is 10.0 Å². The average Bonchev–Trinajstić information content (AvgIpc) is 3.17. The topological polar surface area (TPSA) is 85.4 Å². The molecule has 0 aliphatic carbocycles. The van der Waals surface area contributed by atoms with Gasteiger partial charge in [-0.05, 0) is 38.3 Å². The Balaban J connectivity index is 1.57. The van der Waals surface area contributed by atoms with Crippen LogP contribution in [-0.2, 0) is 17.1 Å². The van der Waals surface area contributed by atoms with Crippen molar-refractivity contribution in [1.82, 2.24) is 28.7 Å². The molecule has 0 aromatic carbocycles. The third-order valence-corrected chi connectivity index (χ3v) is 7.75. The Bertz CT molecular complexity index is 1110. The van der Waals surface area contributed by atoms with Crippen LogP contribution in [0.25, 0.3) is 5.65 Å². The second-order valence-corrected chi connectivity index (χ2v) is 9.18. The molecule has 144 valence electrons. The SMILES string of the molecule is Cc1cc2nccn2nc1C1CCN(S(=O)(=O)c2c(C)nn(C)c2Cl)CC1. The summed E-state index contributed by atoms with van der Waals surface area (Å²) in [6.45, 7) is 4.56. The Morgan fingerprint density at radius 3 is 2.52 bits per heavy atom. The molecule has 0 bridgehead atoms. The van der Waals surface area contributed by atoms with Gasteiger partial charge in [-0.3, -0.25) is 4.68 Å². The van der Waals surface area contributed by atoms with Crippen LogP contribution < -0.4 is 0 Å².